The molecular formula is C22H15N7O17S4. The van der Waals surface area contributed by atoms with Crippen molar-refractivity contribution < 1.29 is 66.8 Å². The van der Waals surface area contributed by atoms with Crippen LogP contribution in [0.3, 0.4) is 0 Å². The summed E-state index contributed by atoms with van der Waals surface area (Å²) >= 11 is 0. The maximum Gasteiger partial charge on any atom is 0.297 e. The summed E-state index contributed by atoms with van der Waals surface area (Å²) in [7, 11) is -21.4. The minimum Gasteiger partial charge on any atom is -0.505 e. The van der Waals surface area contributed by atoms with Gasteiger partial charge in [-0.25, -0.2) is 0 Å². The van der Waals surface area contributed by atoms with Gasteiger partial charge in [0.25, 0.3) is 51.8 Å². The minimum atomic E-state index is -5.53. The third-order valence-electron chi connectivity index (χ3n) is 6.26. The maximum absolute atomic E-state index is 12.3. The normalized spacial score (nSPS) is 13.0. The third-order valence-corrected chi connectivity index (χ3v) is 9.79. The largest absolute Gasteiger partial charge is 0.505 e. The summed E-state index contributed by atoms with van der Waals surface area (Å²) in [5, 5.41) is 45.2. The van der Waals surface area contributed by atoms with E-state index in [1.165, 1.54) is 0 Å². The zero-order chi connectivity index (χ0) is 37.7. The van der Waals surface area contributed by atoms with Gasteiger partial charge in [-0.1, -0.05) is 0 Å². The van der Waals surface area contributed by atoms with Gasteiger partial charge in [-0.3, -0.25) is 38.4 Å². The lowest BCUT2D eigenvalue weighted by Crippen LogP contribution is -2.04. The zero-order valence-corrected chi connectivity index (χ0v) is 26.9. The van der Waals surface area contributed by atoms with Crippen molar-refractivity contribution in [2.45, 2.75) is 19.6 Å². The zero-order valence-electron chi connectivity index (χ0n) is 23.6. The molecule has 0 amide bonds. The van der Waals surface area contributed by atoms with Gasteiger partial charge in [-0.15, -0.1) is 20.5 Å². The van der Waals surface area contributed by atoms with Crippen molar-refractivity contribution in [3.63, 3.8) is 0 Å². The molecule has 0 unspecified atom stereocenters. The second-order valence-corrected chi connectivity index (χ2v) is 15.0. The van der Waals surface area contributed by atoms with E-state index in [-0.39, 0.29) is 0 Å². The van der Waals surface area contributed by atoms with Crippen molar-refractivity contribution in [2.75, 3.05) is 5.73 Å². The number of phenols is 1. The molecule has 0 spiro atoms. The monoisotopic (exact) mass is 777 g/mol. The fourth-order valence-corrected chi connectivity index (χ4v) is 6.75. The van der Waals surface area contributed by atoms with Gasteiger partial charge in [0, 0.05) is 29.7 Å². The Balaban J connectivity index is 2.07. The lowest BCUT2D eigenvalue weighted by molar-refractivity contribution is -0.385. The SMILES string of the molecule is Nc1c(N=Nc2ccc([N+](=O)[O-])cc2S(=O)(=O)O)cc(S(=O)(=O)O)c2cc(S(=O)(=O)O)c(N=Nc3ccc([N+](=O)[O-])cc3S(=O)(=O)O)c(O)c12. The topological polar surface area (TPSA) is 399 Å². The highest BCUT2D eigenvalue weighted by molar-refractivity contribution is 7.87. The Morgan fingerprint density at radius 2 is 0.960 bits per heavy atom. The van der Waals surface area contributed by atoms with Crippen molar-refractivity contribution in [3.8, 4) is 5.75 Å². The van der Waals surface area contributed by atoms with Crippen molar-refractivity contribution in [1.29, 1.82) is 0 Å². The van der Waals surface area contributed by atoms with E-state index in [0.29, 0.717) is 42.5 Å². The second-order valence-electron chi connectivity index (χ2n) is 9.42. The van der Waals surface area contributed by atoms with Crippen molar-refractivity contribution >= 4 is 91.1 Å². The Morgan fingerprint density at radius 3 is 1.36 bits per heavy atom. The van der Waals surface area contributed by atoms with Gasteiger partial charge in [-0.2, -0.15) is 33.7 Å². The Labute approximate surface area is 277 Å². The molecule has 0 saturated heterocycles. The van der Waals surface area contributed by atoms with E-state index in [1.54, 1.807) is 0 Å². The molecule has 4 aromatic carbocycles. The number of fused-ring (bicyclic) bond motifs is 1. The average Bonchev–Trinajstić information content (AvgIpc) is 2.97. The minimum absolute atomic E-state index is 0.325. The van der Waals surface area contributed by atoms with Crippen LogP contribution in [-0.4, -0.2) is 66.8 Å². The van der Waals surface area contributed by atoms with Gasteiger partial charge in [0.2, 0.25) is 0 Å². The van der Waals surface area contributed by atoms with Gasteiger partial charge in [0.1, 0.15) is 42.3 Å². The van der Waals surface area contributed by atoms with Crippen LogP contribution in [0.15, 0.2) is 88.6 Å². The Bertz CT molecular complexity index is 2680. The van der Waals surface area contributed by atoms with Gasteiger partial charge < -0.3 is 10.8 Å². The van der Waals surface area contributed by atoms with Gasteiger partial charge in [0.05, 0.1) is 20.9 Å². The molecule has 0 fully saturated rings. The van der Waals surface area contributed by atoms with E-state index < -0.39 is 126 Å². The molecule has 0 radical (unpaired) electrons. The molecule has 7 N–H and O–H groups in total. The number of aromatic hydroxyl groups is 1. The van der Waals surface area contributed by atoms with Crippen LogP contribution in [-0.2, 0) is 40.5 Å². The summed E-state index contributed by atoms with van der Waals surface area (Å²) in [4.78, 5) is 15.0. The van der Waals surface area contributed by atoms with E-state index in [1.807, 2.05) is 0 Å². The predicted octanol–water partition coefficient (Wildman–Crippen LogP) is 3.76. The summed E-state index contributed by atoms with van der Waals surface area (Å²) in [6.07, 6.45) is 0. The van der Waals surface area contributed by atoms with Gasteiger partial charge in [0.15, 0.2) is 5.75 Å². The lowest BCUT2D eigenvalue weighted by atomic mass is 10.0. The van der Waals surface area contributed by atoms with Crippen molar-refractivity contribution in [2.24, 2.45) is 20.5 Å². The smallest absolute Gasteiger partial charge is 0.297 e. The van der Waals surface area contributed by atoms with Gasteiger partial charge >= 0.3 is 0 Å². The van der Waals surface area contributed by atoms with E-state index in [4.69, 9.17) is 5.73 Å². The number of rotatable bonds is 10. The molecule has 0 aliphatic carbocycles. The van der Waals surface area contributed by atoms with E-state index >= 15 is 0 Å². The van der Waals surface area contributed by atoms with Crippen LogP contribution in [0.4, 0.5) is 39.8 Å². The Morgan fingerprint density at radius 1 is 0.560 bits per heavy atom. The highest BCUT2D eigenvalue weighted by atomic mass is 32.2. The number of azo groups is 2. The molecule has 0 atom stereocenters. The molecule has 0 aromatic heterocycles. The number of benzene rings is 4. The Kier molecular flexibility index (Phi) is 9.44. The summed E-state index contributed by atoms with van der Waals surface area (Å²) in [5.41, 5.74) is -0.221. The number of nitrogen functional groups attached to an aromatic ring is 1. The first kappa shape index (κ1) is 37.2. The summed E-state index contributed by atoms with van der Waals surface area (Å²) < 4.78 is 136. The molecular weight excluding hydrogens is 763 g/mol. The fraction of sp³-hybridized carbons (Fsp3) is 0. The van der Waals surface area contributed by atoms with Crippen LogP contribution in [0.1, 0.15) is 0 Å². The lowest BCUT2D eigenvalue weighted by Gasteiger charge is -2.14. The van der Waals surface area contributed by atoms with E-state index in [2.05, 4.69) is 20.5 Å². The molecule has 4 rings (SSSR count). The number of nitro groups is 2. The average molecular weight is 778 g/mol. The second kappa shape index (κ2) is 12.7. The standard InChI is InChI=1S/C22H15N7O17S4/c23-20-14(26-24-12-3-1-9(28(31)32)5-16(12)48(38,39)40)8-15(47(35,36)37)11-7-18(50(44,45)46)21(22(30)19(11)20)27-25-13-4-2-10(29(33)34)6-17(13)49(41,42)43/h1-8,30H,23H2,(H,35,36,37)(H,38,39,40)(H,41,42,43)(H,44,45,46). The molecule has 28 heteroatoms. The van der Waals surface area contributed by atoms with Crippen LogP contribution < -0.4 is 5.73 Å². The Hall–Kier alpha value is -5.62. The molecule has 0 heterocycles. The molecule has 0 aliphatic heterocycles. The first-order chi connectivity index (χ1) is 22.8. The number of nitro benzene ring substituents is 2. The quantitative estimate of drug-likeness (QED) is 0.0438. The number of nitrogens with zero attached hydrogens (tertiary/aromatic N) is 6. The number of hydrogen-bond acceptors (Lipinski definition) is 18. The number of phenolic OH excluding ortho intramolecular Hbond substituents is 1. The van der Waals surface area contributed by atoms with Crippen LogP contribution in [0.25, 0.3) is 10.8 Å². The fourth-order valence-electron chi connectivity index (χ4n) is 4.12. The van der Waals surface area contributed by atoms with Crippen molar-refractivity contribution in [3.05, 3.63) is 68.8 Å². The maximum atomic E-state index is 12.3. The molecule has 24 nitrogen and oxygen atoms in total. The summed E-state index contributed by atoms with van der Waals surface area (Å²) in [5.74, 6) is -1.44. The number of anilines is 1. The molecule has 0 bridgehead atoms. The number of nitrogens with two attached hydrogens (primary N) is 1. The van der Waals surface area contributed by atoms with Crippen LogP contribution in [0.2, 0.25) is 0 Å². The van der Waals surface area contributed by atoms with E-state index in [9.17, 15) is 77.2 Å². The molecule has 0 aliphatic rings. The first-order valence-electron chi connectivity index (χ1n) is 12.2. The highest BCUT2D eigenvalue weighted by Gasteiger charge is 2.29. The number of non-ortho nitro benzene ring substituents is 2. The van der Waals surface area contributed by atoms with Crippen LogP contribution >= 0.6 is 0 Å². The molecule has 50 heavy (non-hydrogen) atoms. The van der Waals surface area contributed by atoms with Crippen LogP contribution in [0, 0.1) is 20.2 Å². The summed E-state index contributed by atoms with van der Waals surface area (Å²) in [6, 6.07) is 4.30. The third kappa shape index (κ3) is 7.50. The molecule has 0 saturated carbocycles. The van der Waals surface area contributed by atoms with Crippen LogP contribution in [0.5, 0.6) is 5.75 Å². The first-order valence-corrected chi connectivity index (χ1v) is 18.0. The number of hydrogen-bond donors (Lipinski definition) is 6. The molecule has 264 valence electrons. The van der Waals surface area contributed by atoms with E-state index in [0.717, 1.165) is 6.07 Å². The van der Waals surface area contributed by atoms with Gasteiger partial charge in [-0.05, 0) is 24.3 Å². The highest BCUT2D eigenvalue weighted by Crippen LogP contribution is 2.48. The summed E-state index contributed by atoms with van der Waals surface area (Å²) in [6.45, 7) is 0. The van der Waals surface area contributed by atoms with Crippen molar-refractivity contribution in [1.82, 2.24) is 0 Å². The molecule has 4 aromatic rings. The predicted molar refractivity (Wildman–Crippen MR) is 164 cm³/mol.